The number of carbonyl (C=O) groups excluding carboxylic acids is 1. The second-order valence-corrected chi connectivity index (χ2v) is 12.0. The van der Waals surface area contributed by atoms with Crippen molar-refractivity contribution in [1.29, 1.82) is 0 Å². The number of nitrogens with zero attached hydrogens (tertiary/aromatic N) is 4. The molecule has 5 rings (SSSR count). The highest BCUT2D eigenvalue weighted by atomic mass is 35.5. The Hall–Kier alpha value is -2.92. The number of aliphatic hydroxyl groups is 1. The van der Waals surface area contributed by atoms with Crippen LogP contribution in [0.3, 0.4) is 0 Å². The molecule has 0 aliphatic carbocycles. The van der Waals surface area contributed by atoms with Crippen LogP contribution in [0.25, 0.3) is 11.0 Å². The van der Waals surface area contributed by atoms with Gasteiger partial charge in [-0.1, -0.05) is 29.8 Å². The van der Waals surface area contributed by atoms with Crippen molar-refractivity contribution in [2.24, 2.45) is 0 Å². The standard InChI is InChI=1S/C24H21ClN4O4S2/c25-20-14-28-23(34-20)24(31)8-12-29(13-9-24)22(30)17-6-4-16(5-7-17)15-35(32,33)19-3-1-2-18-21(19)27-11-10-26-18/h1-7,10-11,14,31H,8-9,12-13,15H2. The molecule has 3 heterocycles. The van der Waals surface area contributed by atoms with Crippen molar-refractivity contribution in [3.05, 3.63) is 81.5 Å². The maximum absolute atomic E-state index is 13.1. The monoisotopic (exact) mass is 528 g/mol. The van der Waals surface area contributed by atoms with Gasteiger partial charge in [-0.15, -0.1) is 11.3 Å². The fourth-order valence-corrected chi connectivity index (χ4v) is 6.79. The smallest absolute Gasteiger partial charge is 0.253 e. The van der Waals surface area contributed by atoms with Gasteiger partial charge in [0, 0.05) is 43.9 Å². The van der Waals surface area contributed by atoms with Crippen LogP contribution in [0.15, 0.2) is 66.0 Å². The molecule has 0 saturated carbocycles. The summed E-state index contributed by atoms with van der Waals surface area (Å²) in [6, 6.07) is 11.5. The maximum Gasteiger partial charge on any atom is 0.253 e. The van der Waals surface area contributed by atoms with Gasteiger partial charge >= 0.3 is 0 Å². The fraction of sp³-hybridized carbons (Fsp3) is 0.250. The number of hydrogen-bond donors (Lipinski definition) is 1. The first kappa shape index (κ1) is 23.8. The second kappa shape index (κ2) is 9.27. The van der Waals surface area contributed by atoms with E-state index in [1.807, 2.05) is 0 Å². The van der Waals surface area contributed by atoms with Crippen LogP contribution >= 0.6 is 22.9 Å². The largest absolute Gasteiger partial charge is 0.383 e. The minimum absolute atomic E-state index is 0.130. The van der Waals surface area contributed by atoms with Crippen LogP contribution in [0.1, 0.15) is 33.8 Å². The van der Waals surface area contributed by atoms with Crippen molar-refractivity contribution < 1.29 is 18.3 Å². The first-order valence-electron chi connectivity index (χ1n) is 10.9. The van der Waals surface area contributed by atoms with E-state index in [2.05, 4.69) is 15.0 Å². The predicted octanol–water partition coefficient (Wildman–Crippen LogP) is 3.84. The number of sulfone groups is 1. The van der Waals surface area contributed by atoms with Crippen molar-refractivity contribution in [3.63, 3.8) is 0 Å². The van der Waals surface area contributed by atoms with Gasteiger partial charge in [-0.05, 0) is 29.8 Å². The number of aromatic nitrogens is 3. The Balaban J connectivity index is 1.27. The third kappa shape index (κ3) is 4.79. The lowest BCUT2D eigenvalue weighted by molar-refractivity contribution is -0.0212. The van der Waals surface area contributed by atoms with Crippen LogP contribution in [0.2, 0.25) is 4.34 Å². The molecule has 2 aromatic heterocycles. The molecule has 2 aromatic carbocycles. The minimum Gasteiger partial charge on any atom is -0.383 e. The molecule has 1 N–H and O–H groups in total. The van der Waals surface area contributed by atoms with Gasteiger partial charge in [-0.2, -0.15) is 0 Å². The molecule has 0 unspecified atom stereocenters. The molecule has 35 heavy (non-hydrogen) atoms. The zero-order chi connectivity index (χ0) is 24.6. The van der Waals surface area contributed by atoms with E-state index in [4.69, 9.17) is 11.6 Å². The zero-order valence-corrected chi connectivity index (χ0v) is 20.9. The summed E-state index contributed by atoms with van der Waals surface area (Å²) in [6.45, 7) is 0.759. The number of benzene rings is 2. The molecule has 0 radical (unpaired) electrons. The lowest BCUT2D eigenvalue weighted by Gasteiger charge is -2.37. The minimum atomic E-state index is -3.67. The summed E-state index contributed by atoms with van der Waals surface area (Å²) in [4.78, 5) is 27.4. The molecular formula is C24H21ClN4O4S2. The summed E-state index contributed by atoms with van der Waals surface area (Å²) in [6.07, 6.45) is 5.24. The van der Waals surface area contributed by atoms with E-state index < -0.39 is 15.4 Å². The number of amides is 1. The average Bonchev–Trinajstić information content (AvgIpc) is 3.31. The summed E-state index contributed by atoms with van der Waals surface area (Å²) < 4.78 is 26.7. The van der Waals surface area contributed by atoms with Crippen molar-refractivity contribution in [2.45, 2.75) is 29.1 Å². The van der Waals surface area contributed by atoms with E-state index in [0.29, 0.717) is 57.4 Å². The Morgan fingerprint density at radius 1 is 1.06 bits per heavy atom. The van der Waals surface area contributed by atoms with Gasteiger partial charge in [-0.25, -0.2) is 13.4 Å². The van der Waals surface area contributed by atoms with Crippen LogP contribution < -0.4 is 0 Å². The number of carbonyl (C=O) groups is 1. The lowest BCUT2D eigenvalue weighted by atomic mass is 9.91. The van der Waals surface area contributed by atoms with Crippen LogP contribution in [-0.2, 0) is 21.2 Å². The number of para-hydroxylation sites is 1. The highest BCUT2D eigenvalue weighted by Crippen LogP contribution is 2.36. The third-order valence-electron chi connectivity index (χ3n) is 6.11. The third-order valence-corrected chi connectivity index (χ3v) is 9.13. The van der Waals surface area contributed by atoms with Gasteiger partial charge in [0.2, 0.25) is 0 Å². The summed E-state index contributed by atoms with van der Waals surface area (Å²) in [5.41, 5.74) is 0.799. The molecular weight excluding hydrogens is 508 g/mol. The second-order valence-electron chi connectivity index (χ2n) is 8.43. The molecule has 0 bridgehead atoms. The van der Waals surface area contributed by atoms with Gasteiger partial charge in [0.05, 0.1) is 22.4 Å². The van der Waals surface area contributed by atoms with Crippen LogP contribution in [0, 0.1) is 0 Å². The molecule has 8 nitrogen and oxygen atoms in total. The normalized spacial score (nSPS) is 15.9. The van der Waals surface area contributed by atoms with Crippen LogP contribution in [0.5, 0.6) is 0 Å². The molecule has 0 atom stereocenters. The highest BCUT2D eigenvalue weighted by molar-refractivity contribution is 7.90. The highest BCUT2D eigenvalue weighted by Gasteiger charge is 2.38. The van der Waals surface area contributed by atoms with Crippen molar-refractivity contribution >= 4 is 49.7 Å². The Labute approximate surface area is 211 Å². The lowest BCUT2D eigenvalue weighted by Crippen LogP contribution is -2.45. The number of halogens is 1. The van der Waals surface area contributed by atoms with E-state index in [1.165, 1.54) is 36.0 Å². The van der Waals surface area contributed by atoms with Gasteiger partial charge in [0.15, 0.2) is 9.84 Å². The summed E-state index contributed by atoms with van der Waals surface area (Å²) in [7, 11) is -3.67. The number of fused-ring (bicyclic) bond motifs is 1. The molecule has 1 amide bonds. The maximum atomic E-state index is 13.1. The van der Waals surface area contributed by atoms with Gasteiger partial charge in [0.1, 0.15) is 20.5 Å². The Morgan fingerprint density at radius 3 is 2.46 bits per heavy atom. The fourth-order valence-electron chi connectivity index (χ4n) is 4.20. The number of likely N-dealkylation sites (tertiary alicyclic amines) is 1. The summed E-state index contributed by atoms with van der Waals surface area (Å²) in [5.74, 6) is -0.382. The average molecular weight is 529 g/mol. The SMILES string of the molecule is O=C(c1ccc(CS(=O)(=O)c2cccc3nccnc23)cc1)N1CCC(O)(c2ncc(Cl)s2)CC1. The molecule has 1 aliphatic heterocycles. The Kier molecular flexibility index (Phi) is 6.30. The number of piperidine rings is 1. The van der Waals surface area contributed by atoms with E-state index >= 15 is 0 Å². The molecule has 180 valence electrons. The molecule has 1 fully saturated rings. The Morgan fingerprint density at radius 2 is 1.77 bits per heavy atom. The van der Waals surface area contributed by atoms with Gasteiger partial charge in [0.25, 0.3) is 5.91 Å². The Bertz CT molecular complexity index is 1490. The topological polar surface area (TPSA) is 113 Å². The van der Waals surface area contributed by atoms with E-state index in [1.54, 1.807) is 41.3 Å². The molecule has 11 heteroatoms. The number of hydrogen-bond acceptors (Lipinski definition) is 8. The van der Waals surface area contributed by atoms with Crippen molar-refractivity contribution in [1.82, 2.24) is 19.9 Å². The molecule has 0 spiro atoms. The van der Waals surface area contributed by atoms with E-state index in [0.717, 1.165) is 0 Å². The van der Waals surface area contributed by atoms with E-state index in [9.17, 15) is 18.3 Å². The molecule has 1 saturated heterocycles. The molecule has 1 aliphatic rings. The van der Waals surface area contributed by atoms with Crippen LogP contribution in [0.4, 0.5) is 0 Å². The molecule has 4 aromatic rings. The van der Waals surface area contributed by atoms with Crippen LogP contribution in [-0.4, -0.2) is 52.4 Å². The van der Waals surface area contributed by atoms with Gasteiger partial charge < -0.3 is 10.0 Å². The number of thiazole rings is 1. The van der Waals surface area contributed by atoms with Gasteiger partial charge in [-0.3, -0.25) is 14.8 Å². The summed E-state index contributed by atoms with van der Waals surface area (Å²) >= 11 is 7.20. The van der Waals surface area contributed by atoms with E-state index in [-0.39, 0.29) is 16.6 Å². The quantitative estimate of drug-likeness (QED) is 0.418. The zero-order valence-electron chi connectivity index (χ0n) is 18.5. The predicted molar refractivity (Wildman–Crippen MR) is 133 cm³/mol. The first-order valence-corrected chi connectivity index (χ1v) is 13.7. The number of rotatable bonds is 5. The summed E-state index contributed by atoms with van der Waals surface area (Å²) in [5, 5.41) is 11.5. The van der Waals surface area contributed by atoms with Crippen molar-refractivity contribution in [3.8, 4) is 0 Å². The van der Waals surface area contributed by atoms with Crippen molar-refractivity contribution in [2.75, 3.05) is 13.1 Å². The first-order chi connectivity index (χ1) is 16.7.